The van der Waals surface area contributed by atoms with Crippen molar-refractivity contribution < 1.29 is 148 Å². The number of carbonyl (C=O) groups is 12. The first kappa shape index (κ1) is 91.2. The third-order valence-corrected chi connectivity index (χ3v) is 23.4. The van der Waals surface area contributed by atoms with E-state index in [0.29, 0.717) is 28.8 Å². The van der Waals surface area contributed by atoms with Gasteiger partial charge >= 0.3 is 54.0 Å². The summed E-state index contributed by atoms with van der Waals surface area (Å²) >= 11 is 2.90. The Labute approximate surface area is 731 Å². The smallest absolute Gasteiger partial charge is 0.416 e. The lowest BCUT2D eigenvalue weighted by Crippen LogP contribution is -2.63. The van der Waals surface area contributed by atoms with Crippen LogP contribution in [0.2, 0.25) is 0 Å². The molecule has 2 N–H and O–H groups in total. The minimum absolute atomic E-state index is 0.0182. The summed E-state index contributed by atoms with van der Waals surface area (Å²) in [5.41, 5.74) is 4.38. The highest BCUT2D eigenvalue weighted by Crippen LogP contribution is 2.46. The summed E-state index contributed by atoms with van der Waals surface area (Å²) in [6.07, 6.45) is -17.9. The fourth-order valence-corrected chi connectivity index (χ4v) is 17.9. The fourth-order valence-electron chi connectivity index (χ4n) is 16.0. The lowest BCUT2D eigenvalue weighted by molar-refractivity contribution is -0.288. The van der Waals surface area contributed by atoms with E-state index in [9.17, 15) is 53.4 Å². The number of benzene rings is 5. The molecule has 0 spiro atoms. The van der Waals surface area contributed by atoms with Gasteiger partial charge in [-0.05, 0) is 125 Å². The van der Waals surface area contributed by atoms with Crippen molar-refractivity contribution in [2.75, 3.05) is 51.3 Å². The number of anilines is 2. The van der Waals surface area contributed by atoms with E-state index in [1.165, 1.54) is 121 Å². The molecular weight excluding hydrogens is 1690 g/mol. The predicted octanol–water partition coefficient (Wildman–Crippen LogP) is 8.72. The molecule has 14 atom stereocenters. The van der Waals surface area contributed by atoms with Gasteiger partial charge in [-0.15, -0.1) is 22.7 Å². The number of rotatable bonds is 29. The second kappa shape index (κ2) is 39.8. The number of ketones is 1. The summed E-state index contributed by atoms with van der Waals surface area (Å²) in [5, 5.41) is 29.1. The van der Waals surface area contributed by atoms with E-state index in [0.717, 1.165) is 77.8 Å². The van der Waals surface area contributed by atoms with Gasteiger partial charge in [0.2, 0.25) is 24.8 Å². The molecule has 0 bridgehead atoms. The van der Waals surface area contributed by atoms with Gasteiger partial charge in [-0.1, -0.05) is 36.4 Å². The number of methoxy groups -OCH3 is 2. The quantitative estimate of drug-likeness (QED) is 0.0327. The molecule has 0 saturated carbocycles. The maximum absolute atomic E-state index is 15.1. The van der Waals surface area contributed by atoms with Gasteiger partial charge in [0.25, 0.3) is 11.8 Å². The summed E-state index contributed by atoms with van der Waals surface area (Å²) in [6.45, 7) is 7.86. The Balaban J connectivity index is 0.745. The zero-order valence-corrected chi connectivity index (χ0v) is 72.5. The van der Waals surface area contributed by atoms with E-state index in [2.05, 4.69) is 0 Å². The second-order valence-corrected chi connectivity index (χ2v) is 33.0. The SMILES string of the molecule is COc1cc2c(cc1OCc1cc(COc3cc4c(cc3OC)C(=O)N3Cc5ccsc5C[C@H]3C(O)N4C(=O)OCc3ccc(O[C@@H]4O[C@H](COC(C)=O)[C@H](CC(C)=O)[C@H](OC(C)=O)[C@@H]4OC(C)=O)cc3)cc(CN(C)C)c1)N(C(=O)OCc1ccc(O[C@@H]3O[C@H](COC(C)=O)[C@H](OC(C)=O)[C@H](OC(C)=O)[C@@H]3OC(C)=O)cc1)C(O)[C@@H]1Cc3sccc3CN1C2=O. The van der Waals surface area contributed by atoms with Gasteiger partial charge in [0.05, 0.1) is 48.8 Å². The molecular formula is C88H95N5O31S2. The number of hydrogen-bond donors (Lipinski definition) is 2. The number of fused-ring (bicyclic) bond motifs is 6. The number of aliphatic hydroxyl groups excluding tert-OH is 2. The highest BCUT2D eigenvalue weighted by Gasteiger charge is 2.56. The van der Waals surface area contributed by atoms with Gasteiger partial charge in [-0.25, -0.2) is 19.4 Å². The predicted molar refractivity (Wildman–Crippen MR) is 440 cm³/mol. The molecule has 2 fully saturated rings. The number of nitrogens with zero attached hydrogens (tertiary/aromatic N) is 5. The van der Waals surface area contributed by atoms with E-state index < -0.39 is 171 Å². The van der Waals surface area contributed by atoms with E-state index in [4.69, 9.17) is 80.5 Å². The number of hydrogen-bond acceptors (Lipinski definition) is 34. The minimum Gasteiger partial charge on any atom is -0.493 e. The standard InChI is InChI=1S/C88H95N5O31S2/c1-44(94)25-63-72(42-110-45(2)95)123-85(79(119-50(7)100)76(63)116-47(4)97)121-59-17-13-52(14-18-59)38-114-87(106)92-64-31-70(68(108-11)29-61(64)81(102)90-36-57-21-23-125-74(57)33-66(90)83(92)104)112-40-55-26-54(35-89(9)10)27-56(28-55)41-113-71-32-65-62(30-69(71)109-12)82(103)91-37-58-22-24-126-75(58)34-67(91)84(105)93(65)88(107)115-39-53-15-19-60(20-16-53)122-86-80(120-51(8)101)78(118-49(6)99)77(117-48(5)98)73(124-86)43-111-46(3)96/h13-24,26-32,63,66-67,72-73,76-80,83-86,104-105H,25,33-43H2,1-12H3/t63-,66-,67-,72+,73+,76-,77-,78-,79-,80-,83?,84?,85+,86+/m0/s1. The first-order valence-corrected chi connectivity index (χ1v) is 41.9. The van der Waals surface area contributed by atoms with E-state index >= 15 is 14.4 Å². The Morgan fingerprint density at radius 3 is 1.25 bits per heavy atom. The monoisotopic (exact) mass is 1780 g/mol. The third kappa shape index (κ3) is 21.2. The largest absolute Gasteiger partial charge is 0.493 e. The van der Waals surface area contributed by atoms with E-state index in [1.54, 1.807) is 12.1 Å². The van der Waals surface area contributed by atoms with Crippen LogP contribution in [0.1, 0.15) is 131 Å². The van der Waals surface area contributed by atoms with Crippen LogP contribution in [-0.4, -0.2) is 218 Å². The van der Waals surface area contributed by atoms with Crippen molar-refractivity contribution in [2.24, 2.45) is 5.92 Å². The summed E-state index contributed by atoms with van der Waals surface area (Å²) < 4.78 is 100. The number of aliphatic hydroxyl groups is 2. The molecule has 36 nitrogen and oxygen atoms in total. The number of ether oxygens (including phenoxy) is 17. The zero-order valence-electron chi connectivity index (χ0n) is 70.8. The molecule has 0 radical (unpaired) electrons. The van der Waals surface area contributed by atoms with Crippen LogP contribution in [0.15, 0.2) is 114 Å². The lowest BCUT2D eigenvalue weighted by atomic mass is 9.85. The van der Waals surface area contributed by atoms with Crippen molar-refractivity contribution in [1.29, 1.82) is 0 Å². The second-order valence-electron chi connectivity index (χ2n) is 31.0. The Morgan fingerprint density at radius 1 is 0.444 bits per heavy atom. The molecule has 2 unspecified atom stereocenters. The molecule has 7 aromatic rings. The summed E-state index contributed by atoms with van der Waals surface area (Å²) in [5.74, 6) is -7.16. The fraction of sp³-hybridized carbons (Fsp3) is 0.432. The van der Waals surface area contributed by atoms with Crippen molar-refractivity contribution in [1.82, 2.24) is 14.7 Å². The molecule has 38 heteroatoms. The molecule has 670 valence electrons. The molecule has 8 heterocycles. The number of amides is 4. The number of carbonyl (C=O) groups excluding carboxylic acids is 12. The first-order valence-electron chi connectivity index (χ1n) is 40.1. The Hall–Kier alpha value is -12.5. The van der Waals surface area contributed by atoms with Crippen LogP contribution in [0, 0.1) is 5.92 Å². The molecule has 6 aliphatic heterocycles. The molecule has 13 rings (SSSR count). The van der Waals surface area contributed by atoms with Crippen LogP contribution in [0.25, 0.3) is 0 Å². The highest BCUT2D eigenvalue weighted by molar-refractivity contribution is 7.10. The van der Waals surface area contributed by atoms with Gasteiger partial charge < -0.3 is 110 Å². The molecule has 2 aromatic heterocycles. The minimum atomic E-state index is -1.70. The van der Waals surface area contributed by atoms with Crippen molar-refractivity contribution in [2.45, 2.75) is 201 Å². The van der Waals surface area contributed by atoms with Gasteiger partial charge in [-0.3, -0.25) is 43.2 Å². The summed E-state index contributed by atoms with van der Waals surface area (Å²) in [4.78, 5) is 168. The Kier molecular flexibility index (Phi) is 28.8. The maximum atomic E-state index is 15.1. The van der Waals surface area contributed by atoms with Crippen molar-refractivity contribution in [3.63, 3.8) is 0 Å². The van der Waals surface area contributed by atoms with Gasteiger partial charge in [-0.2, -0.15) is 0 Å². The van der Waals surface area contributed by atoms with Gasteiger partial charge in [0.1, 0.15) is 69.1 Å². The zero-order chi connectivity index (χ0) is 90.2. The van der Waals surface area contributed by atoms with Gasteiger partial charge in [0, 0.05) is 115 Å². The van der Waals surface area contributed by atoms with Crippen molar-refractivity contribution >= 4 is 106 Å². The Morgan fingerprint density at radius 2 is 0.841 bits per heavy atom. The van der Waals surface area contributed by atoms with Crippen LogP contribution < -0.4 is 38.2 Å². The average Bonchev–Trinajstić information content (AvgIpc) is 1.59. The average molecular weight is 1780 g/mol. The molecule has 2 saturated heterocycles. The number of thiophene rings is 2. The maximum Gasteiger partial charge on any atom is 0.416 e. The van der Waals surface area contributed by atoms with E-state index in [-0.39, 0.29) is 115 Å². The third-order valence-electron chi connectivity index (χ3n) is 21.4. The normalized spacial score (nSPS) is 22.8. The molecule has 126 heavy (non-hydrogen) atoms. The molecule has 4 amide bonds. The first-order chi connectivity index (χ1) is 60.2. The highest BCUT2D eigenvalue weighted by atomic mass is 32.1. The molecule has 5 aromatic carbocycles. The molecule has 6 aliphatic rings. The van der Waals surface area contributed by atoms with Crippen LogP contribution in [-0.2, 0) is 149 Å². The van der Waals surface area contributed by atoms with Gasteiger partial charge in [0.15, 0.2) is 53.8 Å². The number of esters is 7. The Bertz CT molecular complexity index is 4960. The molecule has 0 aliphatic carbocycles. The van der Waals surface area contributed by atoms with Crippen LogP contribution in [0.4, 0.5) is 21.0 Å². The lowest BCUT2D eigenvalue weighted by Gasteiger charge is -2.44. The summed E-state index contributed by atoms with van der Waals surface area (Å²) in [6, 6.07) is 25.4. The van der Waals surface area contributed by atoms with Crippen LogP contribution in [0.3, 0.4) is 0 Å². The topological polar surface area (TPSA) is 418 Å². The van der Waals surface area contributed by atoms with E-state index in [1.807, 2.05) is 60.1 Å². The summed E-state index contributed by atoms with van der Waals surface area (Å²) in [7, 11) is 6.55. The van der Waals surface area contributed by atoms with Crippen molar-refractivity contribution in [3.05, 3.63) is 174 Å². The van der Waals surface area contributed by atoms with Crippen molar-refractivity contribution in [3.8, 4) is 34.5 Å². The van der Waals surface area contributed by atoms with Crippen LogP contribution >= 0.6 is 22.7 Å². The number of Topliss-reactive ketones (excluding diaryl/α,β-unsaturated/α-hetero) is 1. The van der Waals surface area contributed by atoms with Crippen LogP contribution in [0.5, 0.6) is 34.5 Å².